The number of imide groups is 1. The predicted octanol–water partition coefficient (Wildman–Crippen LogP) is 3.44. The Labute approximate surface area is 260 Å². The molecule has 2 aromatic carbocycles. The molecule has 0 saturated carbocycles. The van der Waals surface area contributed by atoms with Crippen molar-refractivity contribution in [2.75, 3.05) is 41.0 Å². The molecular formula is C32H34N10O3. The van der Waals surface area contributed by atoms with E-state index in [-0.39, 0.29) is 17.7 Å². The Morgan fingerprint density at radius 1 is 1.11 bits per heavy atom. The van der Waals surface area contributed by atoms with Gasteiger partial charge in [0.25, 0.3) is 5.91 Å². The molecule has 3 aliphatic rings. The Balaban J connectivity index is 0.000000172. The molecule has 2 fully saturated rings. The molecule has 2 aromatic heterocycles. The maximum absolute atomic E-state index is 11.9. The summed E-state index contributed by atoms with van der Waals surface area (Å²) in [6.07, 6.45) is 6.82. The molecule has 230 valence electrons. The van der Waals surface area contributed by atoms with E-state index < -0.39 is 6.04 Å². The maximum Gasteiger partial charge on any atom is 0.251 e. The van der Waals surface area contributed by atoms with E-state index in [9.17, 15) is 19.6 Å². The summed E-state index contributed by atoms with van der Waals surface area (Å²) >= 11 is 0. The highest BCUT2D eigenvalue weighted by Crippen LogP contribution is 2.32. The lowest BCUT2D eigenvalue weighted by Crippen LogP contribution is -2.41. The number of amides is 3. The Morgan fingerprint density at radius 2 is 1.96 bits per heavy atom. The fourth-order valence-electron chi connectivity index (χ4n) is 5.99. The van der Waals surface area contributed by atoms with E-state index in [4.69, 9.17) is 5.73 Å². The summed E-state index contributed by atoms with van der Waals surface area (Å²) in [6, 6.07) is 12.9. The summed E-state index contributed by atoms with van der Waals surface area (Å²) in [5, 5.41) is 20.1. The number of carbonyl (C=O) groups excluding carboxylic acids is 3. The summed E-state index contributed by atoms with van der Waals surface area (Å²) in [5.41, 5.74) is 10.3. The van der Waals surface area contributed by atoms with Crippen LogP contribution < -0.4 is 26.2 Å². The summed E-state index contributed by atoms with van der Waals surface area (Å²) in [5.74, 6) is 1.33. The van der Waals surface area contributed by atoms with Crippen LogP contribution in [0.1, 0.15) is 49.8 Å². The molecule has 4 N–H and O–H groups in total. The zero-order valence-electron chi connectivity index (χ0n) is 25.2. The van der Waals surface area contributed by atoms with E-state index >= 15 is 0 Å². The molecule has 0 aliphatic carbocycles. The number of anilines is 5. The van der Waals surface area contributed by atoms with Gasteiger partial charge in [0.05, 0.1) is 24.3 Å². The highest BCUT2D eigenvalue weighted by molar-refractivity contribution is 6.01. The third kappa shape index (κ3) is 6.12. The number of nitrogen functional groups attached to an aromatic ring is 1. The normalized spacial score (nSPS) is 19.4. The maximum atomic E-state index is 11.9. The van der Waals surface area contributed by atoms with Crippen molar-refractivity contribution in [2.45, 2.75) is 45.1 Å². The molecule has 13 heteroatoms. The van der Waals surface area contributed by atoms with Gasteiger partial charge in [-0.2, -0.15) is 15.3 Å². The highest BCUT2D eigenvalue weighted by Gasteiger charge is 2.29. The lowest BCUT2D eigenvalue weighted by molar-refractivity contribution is -0.135. The van der Waals surface area contributed by atoms with Crippen LogP contribution in [-0.4, -0.2) is 57.6 Å². The number of rotatable bonds is 4. The van der Waals surface area contributed by atoms with Gasteiger partial charge < -0.3 is 20.9 Å². The second-order valence-electron chi connectivity index (χ2n) is 11.7. The van der Waals surface area contributed by atoms with Crippen molar-refractivity contribution >= 4 is 57.5 Å². The van der Waals surface area contributed by atoms with Crippen LogP contribution in [0.3, 0.4) is 0 Å². The summed E-state index contributed by atoms with van der Waals surface area (Å²) in [4.78, 5) is 47.7. The largest absolute Gasteiger partial charge is 0.399 e. The number of nitriles is 1. The minimum atomic E-state index is -0.427. The first-order chi connectivity index (χ1) is 21.7. The molecule has 0 radical (unpaired) electrons. The van der Waals surface area contributed by atoms with E-state index in [1.165, 1.54) is 6.42 Å². The molecule has 5 heterocycles. The fourth-order valence-corrected chi connectivity index (χ4v) is 5.99. The van der Waals surface area contributed by atoms with Crippen molar-refractivity contribution < 1.29 is 14.4 Å². The van der Waals surface area contributed by atoms with Gasteiger partial charge in [0.1, 0.15) is 17.7 Å². The average Bonchev–Trinajstić information content (AvgIpc) is 3.56. The lowest BCUT2D eigenvalue weighted by atomic mass is 10.0. The standard InChI is InChI=1S/C20H22N6O.C12H12N4O2/c1-13-4-3-7-26(12-13)20-22-11-15(10-21)19(24-20)23-16-5-6-17-14(8-16)9-18(27)25(17)2;13-8-1-2-9-7(5-8)6-14-16(9)10-3-4-11(17)15-12(10)18/h5-6,8,11,13H,3-4,7,9,12H2,1-2H3,(H,22,23,24);1-2,5-6,10H,3-4,13H2,(H,15,17,18). The lowest BCUT2D eigenvalue weighted by Gasteiger charge is -2.31. The van der Waals surface area contributed by atoms with E-state index in [0.29, 0.717) is 48.2 Å². The molecule has 13 nitrogen and oxygen atoms in total. The van der Waals surface area contributed by atoms with E-state index in [2.05, 4.69) is 43.6 Å². The van der Waals surface area contributed by atoms with Crippen LogP contribution in [0.4, 0.5) is 28.8 Å². The fraction of sp³-hybridized carbons (Fsp3) is 0.344. The Kier molecular flexibility index (Phi) is 8.04. The van der Waals surface area contributed by atoms with Crippen molar-refractivity contribution in [3.8, 4) is 6.07 Å². The number of piperidine rings is 2. The second-order valence-corrected chi connectivity index (χ2v) is 11.7. The minimum Gasteiger partial charge on any atom is -0.399 e. The topological polar surface area (TPSA) is 175 Å². The van der Waals surface area contributed by atoms with Crippen molar-refractivity contribution in [3.63, 3.8) is 0 Å². The molecule has 0 bridgehead atoms. The van der Waals surface area contributed by atoms with E-state index in [1.54, 1.807) is 35.1 Å². The number of nitrogens with zero attached hydrogens (tertiary/aromatic N) is 7. The summed E-state index contributed by atoms with van der Waals surface area (Å²) < 4.78 is 1.65. The molecule has 7 rings (SSSR count). The molecule has 4 aromatic rings. The molecule has 0 spiro atoms. The summed E-state index contributed by atoms with van der Waals surface area (Å²) in [6.45, 7) is 4.10. The molecule has 2 atom stereocenters. The quantitative estimate of drug-likeness (QED) is 0.230. The number of carbonyl (C=O) groups is 3. The van der Waals surface area contributed by atoms with Crippen LogP contribution in [-0.2, 0) is 20.8 Å². The van der Waals surface area contributed by atoms with Crippen LogP contribution in [0.15, 0.2) is 48.8 Å². The Hall–Kier alpha value is -5.51. The van der Waals surface area contributed by atoms with Crippen LogP contribution in [0.5, 0.6) is 0 Å². The molecule has 45 heavy (non-hydrogen) atoms. The minimum absolute atomic E-state index is 0.0865. The molecule has 2 unspecified atom stereocenters. The number of nitrogens with two attached hydrogens (primary N) is 1. The number of fused-ring (bicyclic) bond motifs is 2. The SMILES string of the molecule is CC1CCCN(c2ncc(C#N)c(Nc3ccc4c(c3)CC(=O)N4C)n2)C1.Nc1ccc2c(cnn2C2CCC(=O)NC2=O)c1. The third-order valence-corrected chi connectivity index (χ3v) is 8.38. The van der Waals surface area contributed by atoms with Crippen LogP contribution in [0.2, 0.25) is 0 Å². The Morgan fingerprint density at radius 3 is 2.73 bits per heavy atom. The average molecular weight is 607 g/mol. The van der Waals surface area contributed by atoms with E-state index in [0.717, 1.165) is 47.4 Å². The van der Waals surface area contributed by atoms with Gasteiger partial charge in [-0.3, -0.25) is 24.4 Å². The number of hydrogen-bond acceptors (Lipinski definition) is 10. The van der Waals surface area contributed by atoms with Gasteiger partial charge in [0.15, 0.2) is 5.82 Å². The zero-order chi connectivity index (χ0) is 31.7. The van der Waals surface area contributed by atoms with Crippen molar-refractivity contribution in [1.29, 1.82) is 5.26 Å². The predicted molar refractivity (Wildman–Crippen MR) is 170 cm³/mol. The number of likely N-dealkylation sites (N-methyl/N-ethyl adjacent to an activating group) is 1. The molecular weight excluding hydrogens is 572 g/mol. The van der Waals surface area contributed by atoms with Crippen LogP contribution >= 0.6 is 0 Å². The van der Waals surface area contributed by atoms with Gasteiger partial charge >= 0.3 is 0 Å². The smallest absolute Gasteiger partial charge is 0.251 e. The van der Waals surface area contributed by atoms with Crippen molar-refractivity contribution in [1.82, 2.24) is 25.1 Å². The van der Waals surface area contributed by atoms with Crippen LogP contribution in [0.25, 0.3) is 10.9 Å². The van der Waals surface area contributed by atoms with Gasteiger partial charge in [-0.15, -0.1) is 0 Å². The summed E-state index contributed by atoms with van der Waals surface area (Å²) in [7, 11) is 1.78. The molecule has 2 saturated heterocycles. The molecule has 3 aliphatic heterocycles. The number of hydrogen-bond donors (Lipinski definition) is 3. The van der Waals surface area contributed by atoms with Crippen LogP contribution in [0, 0.1) is 17.2 Å². The third-order valence-electron chi connectivity index (χ3n) is 8.38. The van der Waals surface area contributed by atoms with Gasteiger partial charge in [-0.25, -0.2) is 4.98 Å². The Bertz CT molecular complexity index is 1840. The number of nitrogens with one attached hydrogen (secondary N) is 2. The first-order valence-corrected chi connectivity index (χ1v) is 14.9. The monoisotopic (exact) mass is 606 g/mol. The van der Waals surface area contributed by atoms with Crippen molar-refractivity contribution in [2.24, 2.45) is 5.92 Å². The first kappa shape index (κ1) is 29.6. The first-order valence-electron chi connectivity index (χ1n) is 14.9. The second kappa shape index (κ2) is 12.2. The zero-order valence-corrected chi connectivity index (χ0v) is 25.2. The highest BCUT2D eigenvalue weighted by atomic mass is 16.2. The van der Waals surface area contributed by atoms with Crippen molar-refractivity contribution in [3.05, 3.63) is 59.9 Å². The van der Waals surface area contributed by atoms with Gasteiger partial charge in [0.2, 0.25) is 17.8 Å². The molecule has 3 amide bonds. The van der Waals surface area contributed by atoms with Gasteiger partial charge in [-0.05, 0) is 67.1 Å². The van der Waals surface area contributed by atoms with E-state index in [1.807, 2.05) is 30.3 Å². The number of benzene rings is 2. The number of aromatic nitrogens is 4. The van der Waals surface area contributed by atoms with Gasteiger partial charge in [-0.1, -0.05) is 6.92 Å². The van der Waals surface area contributed by atoms with Gasteiger partial charge in [0, 0.05) is 49.0 Å².